The molecule has 0 saturated heterocycles. The van der Waals surface area contributed by atoms with Gasteiger partial charge < -0.3 is 9.88 Å². The van der Waals surface area contributed by atoms with Gasteiger partial charge >= 0.3 is 0 Å². The molecule has 18 heavy (non-hydrogen) atoms. The molecule has 2 aliphatic rings. The van der Waals surface area contributed by atoms with Crippen molar-refractivity contribution in [1.29, 1.82) is 0 Å². The molecule has 0 atom stereocenters. The fraction of sp³-hybridized carbons (Fsp3) is 0.800. The molecule has 100 valence electrons. The summed E-state index contributed by atoms with van der Waals surface area (Å²) in [7, 11) is 0. The van der Waals surface area contributed by atoms with Gasteiger partial charge in [0.25, 0.3) is 0 Å². The first kappa shape index (κ1) is 12.1. The lowest BCUT2D eigenvalue weighted by molar-refractivity contribution is 0.277. The second-order valence-corrected chi connectivity index (χ2v) is 6.13. The highest BCUT2D eigenvalue weighted by atomic mass is 15.2. The van der Waals surface area contributed by atoms with Crippen LogP contribution < -0.4 is 5.32 Å². The topological polar surface area (TPSA) is 29.9 Å². The molecule has 0 amide bonds. The number of rotatable bonds is 4. The molecule has 0 aromatic carbocycles. The van der Waals surface area contributed by atoms with Gasteiger partial charge in [-0.2, -0.15) is 0 Å². The summed E-state index contributed by atoms with van der Waals surface area (Å²) in [5.74, 6) is 2.01. The Morgan fingerprint density at radius 1 is 1.17 bits per heavy atom. The Morgan fingerprint density at radius 2 is 1.94 bits per heavy atom. The predicted molar refractivity (Wildman–Crippen MR) is 74.8 cm³/mol. The standard InChI is InChI=1S/C15H25N3/c1-12-10-18(11-13-6-5-7-13)15(16-12)17-14-8-3-2-4-9-14/h10,13-14H,2-9,11H2,1H3,(H,16,17). The molecule has 2 saturated carbocycles. The average molecular weight is 247 g/mol. The van der Waals surface area contributed by atoms with Crippen LogP contribution in [0.3, 0.4) is 0 Å². The third-order valence-corrected chi connectivity index (χ3v) is 4.52. The monoisotopic (exact) mass is 247 g/mol. The van der Waals surface area contributed by atoms with Crippen LogP contribution in [0.15, 0.2) is 6.20 Å². The Hall–Kier alpha value is -0.990. The molecule has 3 nitrogen and oxygen atoms in total. The summed E-state index contributed by atoms with van der Waals surface area (Å²) in [6.07, 6.45) is 13.2. The van der Waals surface area contributed by atoms with Crippen LogP contribution in [0.5, 0.6) is 0 Å². The third kappa shape index (κ3) is 2.70. The van der Waals surface area contributed by atoms with Gasteiger partial charge in [0.2, 0.25) is 5.95 Å². The molecule has 0 spiro atoms. The van der Waals surface area contributed by atoms with Gasteiger partial charge in [-0.1, -0.05) is 25.7 Å². The van der Waals surface area contributed by atoms with Crippen LogP contribution in [0.4, 0.5) is 5.95 Å². The Bertz CT molecular complexity index is 386. The molecular formula is C15H25N3. The lowest BCUT2D eigenvalue weighted by atomic mass is 9.85. The fourth-order valence-electron chi connectivity index (χ4n) is 3.18. The Balaban J connectivity index is 1.65. The lowest BCUT2D eigenvalue weighted by Crippen LogP contribution is -2.25. The molecule has 3 rings (SSSR count). The zero-order chi connectivity index (χ0) is 12.4. The van der Waals surface area contributed by atoms with Gasteiger partial charge in [-0.05, 0) is 38.5 Å². The average Bonchev–Trinajstić information content (AvgIpc) is 2.65. The molecule has 0 radical (unpaired) electrons. The maximum Gasteiger partial charge on any atom is 0.203 e. The second-order valence-electron chi connectivity index (χ2n) is 6.13. The summed E-state index contributed by atoms with van der Waals surface area (Å²) in [4.78, 5) is 4.67. The van der Waals surface area contributed by atoms with E-state index in [1.807, 2.05) is 0 Å². The Morgan fingerprint density at radius 3 is 2.61 bits per heavy atom. The zero-order valence-electron chi connectivity index (χ0n) is 11.5. The first-order chi connectivity index (χ1) is 8.81. The second kappa shape index (κ2) is 5.33. The SMILES string of the molecule is Cc1cn(CC2CCC2)c(NC2CCCCC2)n1. The van der Waals surface area contributed by atoms with Crippen LogP contribution in [0.1, 0.15) is 57.1 Å². The highest BCUT2D eigenvalue weighted by molar-refractivity contribution is 5.30. The minimum absolute atomic E-state index is 0.653. The summed E-state index contributed by atoms with van der Waals surface area (Å²) in [5, 5.41) is 3.68. The molecule has 0 unspecified atom stereocenters. The molecule has 0 bridgehead atoms. The highest BCUT2D eigenvalue weighted by Gasteiger charge is 2.21. The first-order valence-corrected chi connectivity index (χ1v) is 7.61. The van der Waals surface area contributed by atoms with Crippen LogP contribution in [0.2, 0.25) is 0 Å². The molecule has 1 N–H and O–H groups in total. The number of imidazole rings is 1. The summed E-state index contributed by atoms with van der Waals surface area (Å²) in [6.45, 7) is 3.26. The van der Waals surface area contributed by atoms with Gasteiger partial charge in [0.1, 0.15) is 0 Å². The van der Waals surface area contributed by atoms with Crippen LogP contribution in [0.25, 0.3) is 0 Å². The maximum atomic E-state index is 4.67. The van der Waals surface area contributed by atoms with E-state index >= 15 is 0 Å². The lowest BCUT2D eigenvalue weighted by Gasteiger charge is -2.28. The van der Waals surface area contributed by atoms with E-state index in [1.165, 1.54) is 51.4 Å². The van der Waals surface area contributed by atoms with Crippen molar-refractivity contribution >= 4 is 5.95 Å². The van der Waals surface area contributed by atoms with E-state index in [4.69, 9.17) is 0 Å². The minimum atomic E-state index is 0.653. The zero-order valence-corrected chi connectivity index (χ0v) is 11.5. The number of hydrogen-bond acceptors (Lipinski definition) is 2. The Kier molecular flexibility index (Phi) is 3.57. The van der Waals surface area contributed by atoms with E-state index in [-0.39, 0.29) is 0 Å². The largest absolute Gasteiger partial charge is 0.353 e. The molecular weight excluding hydrogens is 222 g/mol. The normalized spacial score (nSPS) is 21.8. The molecule has 1 aromatic rings. The van der Waals surface area contributed by atoms with Crippen molar-refractivity contribution in [2.75, 3.05) is 5.32 Å². The number of aromatic nitrogens is 2. The van der Waals surface area contributed by atoms with Gasteiger partial charge in [0.05, 0.1) is 5.69 Å². The van der Waals surface area contributed by atoms with Crippen LogP contribution in [-0.2, 0) is 6.54 Å². The van der Waals surface area contributed by atoms with Crippen molar-refractivity contribution in [2.24, 2.45) is 5.92 Å². The molecule has 2 fully saturated rings. The van der Waals surface area contributed by atoms with Crippen molar-refractivity contribution in [3.05, 3.63) is 11.9 Å². The third-order valence-electron chi connectivity index (χ3n) is 4.52. The van der Waals surface area contributed by atoms with E-state index in [0.29, 0.717) is 6.04 Å². The van der Waals surface area contributed by atoms with Gasteiger partial charge in [0, 0.05) is 18.8 Å². The van der Waals surface area contributed by atoms with Crippen LogP contribution >= 0.6 is 0 Å². The summed E-state index contributed by atoms with van der Waals surface area (Å²) in [5.41, 5.74) is 1.15. The van der Waals surface area contributed by atoms with Gasteiger partial charge in [-0.25, -0.2) is 4.98 Å². The molecule has 3 heteroatoms. The van der Waals surface area contributed by atoms with Crippen LogP contribution in [-0.4, -0.2) is 15.6 Å². The van der Waals surface area contributed by atoms with Gasteiger partial charge in [-0.15, -0.1) is 0 Å². The van der Waals surface area contributed by atoms with Crippen molar-refractivity contribution in [3.8, 4) is 0 Å². The molecule has 0 aliphatic heterocycles. The summed E-state index contributed by atoms with van der Waals surface area (Å²) >= 11 is 0. The number of nitrogens with one attached hydrogen (secondary N) is 1. The Labute approximate surface area is 110 Å². The van der Waals surface area contributed by atoms with E-state index in [0.717, 1.165) is 24.1 Å². The molecule has 1 aromatic heterocycles. The number of aryl methyl sites for hydroxylation is 1. The smallest absolute Gasteiger partial charge is 0.203 e. The minimum Gasteiger partial charge on any atom is -0.353 e. The maximum absolute atomic E-state index is 4.67. The van der Waals surface area contributed by atoms with Crippen molar-refractivity contribution in [3.63, 3.8) is 0 Å². The number of anilines is 1. The van der Waals surface area contributed by atoms with E-state index in [9.17, 15) is 0 Å². The molecule has 1 heterocycles. The van der Waals surface area contributed by atoms with E-state index < -0.39 is 0 Å². The summed E-state index contributed by atoms with van der Waals surface area (Å²) in [6, 6.07) is 0.653. The predicted octanol–water partition coefficient (Wildman–Crippen LogP) is 3.74. The van der Waals surface area contributed by atoms with Crippen molar-refractivity contribution in [2.45, 2.75) is 70.9 Å². The quantitative estimate of drug-likeness (QED) is 0.878. The number of nitrogens with zero attached hydrogens (tertiary/aromatic N) is 2. The first-order valence-electron chi connectivity index (χ1n) is 7.61. The van der Waals surface area contributed by atoms with Crippen molar-refractivity contribution in [1.82, 2.24) is 9.55 Å². The van der Waals surface area contributed by atoms with Crippen molar-refractivity contribution < 1.29 is 0 Å². The van der Waals surface area contributed by atoms with E-state index in [1.54, 1.807) is 0 Å². The van der Waals surface area contributed by atoms with Gasteiger partial charge in [-0.3, -0.25) is 0 Å². The molecule has 2 aliphatic carbocycles. The summed E-state index contributed by atoms with van der Waals surface area (Å²) < 4.78 is 2.35. The van der Waals surface area contributed by atoms with Crippen LogP contribution in [0, 0.1) is 12.8 Å². The number of hydrogen-bond donors (Lipinski definition) is 1. The van der Waals surface area contributed by atoms with E-state index in [2.05, 4.69) is 28.0 Å². The highest BCUT2D eigenvalue weighted by Crippen LogP contribution is 2.29. The fourth-order valence-corrected chi connectivity index (χ4v) is 3.18. The van der Waals surface area contributed by atoms with Gasteiger partial charge in [0.15, 0.2) is 0 Å².